The van der Waals surface area contributed by atoms with E-state index in [1.165, 1.54) is 16.8 Å². The highest BCUT2D eigenvalue weighted by Gasteiger charge is 2.32. The summed E-state index contributed by atoms with van der Waals surface area (Å²) in [6.07, 6.45) is 1.56. The normalized spacial score (nSPS) is 17.3. The summed E-state index contributed by atoms with van der Waals surface area (Å²) in [6.45, 7) is 4.76. The molecule has 9 nitrogen and oxygen atoms in total. The van der Waals surface area contributed by atoms with Gasteiger partial charge in [-0.2, -0.15) is 5.10 Å². The SMILES string of the molecule is CC(C)n1c(C2CCCN(C(=O)c3ccccc3[N+](=O)[O-])C2)nn(C)c1=O. The number of aryl methyl sites for hydroxylation is 1. The molecule has 1 aliphatic heterocycles. The van der Waals surface area contributed by atoms with Gasteiger partial charge in [0, 0.05) is 38.2 Å². The number of nitrogens with zero attached hydrogens (tertiary/aromatic N) is 5. The molecular weight excluding hydrogens is 350 g/mol. The van der Waals surface area contributed by atoms with Crippen molar-refractivity contribution in [2.75, 3.05) is 13.1 Å². The molecule has 1 atom stereocenters. The van der Waals surface area contributed by atoms with Crippen molar-refractivity contribution in [1.82, 2.24) is 19.2 Å². The zero-order valence-electron chi connectivity index (χ0n) is 15.7. The highest BCUT2D eigenvalue weighted by Crippen LogP contribution is 2.29. The Kier molecular flexibility index (Phi) is 5.11. The number of piperidine rings is 1. The fraction of sp³-hybridized carbons (Fsp3) is 0.500. The van der Waals surface area contributed by atoms with E-state index in [0.29, 0.717) is 18.9 Å². The predicted molar refractivity (Wildman–Crippen MR) is 98.8 cm³/mol. The van der Waals surface area contributed by atoms with E-state index in [-0.39, 0.29) is 34.8 Å². The average molecular weight is 373 g/mol. The quantitative estimate of drug-likeness (QED) is 0.603. The van der Waals surface area contributed by atoms with E-state index in [4.69, 9.17) is 0 Å². The van der Waals surface area contributed by atoms with Crippen LogP contribution in [0.1, 0.15) is 54.8 Å². The van der Waals surface area contributed by atoms with E-state index in [9.17, 15) is 19.7 Å². The van der Waals surface area contributed by atoms with Crippen LogP contribution in [-0.4, -0.2) is 43.2 Å². The smallest absolute Gasteiger partial charge is 0.338 e. The number of hydrogen-bond donors (Lipinski definition) is 0. The van der Waals surface area contributed by atoms with Crippen LogP contribution >= 0.6 is 0 Å². The summed E-state index contributed by atoms with van der Waals surface area (Å²) in [5.74, 6) is 0.223. The lowest BCUT2D eigenvalue weighted by atomic mass is 9.96. The number of benzene rings is 1. The van der Waals surface area contributed by atoms with Crippen molar-refractivity contribution >= 4 is 11.6 Å². The molecule has 0 aliphatic carbocycles. The summed E-state index contributed by atoms with van der Waals surface area (Å²) in [4.78, 5) is 37.6. The van der Waals surface area contributed by atoms with Crippen molar-refractivity contribution in [1.29, 1.82) is 0 Å². The molecule has 2 aromatic rings. The molecule has 0 bridgehead atoms. The molecule has 1 amide bonds. The van der Waals surface area contributed by atoms with E-state index in [1.807, 2.05) is 13.8 Å². The number of nitro groups is 1. The summed E-state index contributed by atoms with van der Waals surface area (Å²) in [7, 11) is 1.61. The second-order valence-corrected chi connectivity index (χ2v) is 7.09. The van der Waals surface area contributed by atoms with Gasteiger partial charge in [0.25, 0.3) is 11.6 Å². The standard InChI is InChI=1S/C18H23N5O4/c1-12(2)22-16(19-20(3)18(22)25)13-7-6-10-21(11-13)17(24)14-8-4-5-9-15(14)23(26)27/h4-5,8-9,12-13H,6-7,10-11H2,1-3H3. The Morgan fingerprint density at radius 1 is 1.33 bits per heavy atom. The summed E-state index contributed by atoms with van der Waals surface area (Å²) >= 11 is 0. The Morgan fingerprint density at radius 3 is 2.70 bits per heavy atom. The highest BCUT2D eigenvalue weighted by molar-refractivity contribution is 5.98. The van der Waals surface area contributed by atoms with Crippen molar-refractivity contribution in [3.8, 4) is 0 Å². The van der Waals surface area contributed by atoms with Crippen molar-refractivity contribution < 1.29 is 9.72 Å². The number of carbonyl (C=O) groups excluding carboxylic acids is 1. The average Bonchev–Trinajstić information content (AvgIpc) is 2.96. The molecule has 0 radical (unpaired) electrons. The fourth-order valence-corrected chi connectivity index (χ4v) is 3.62. The Labute approximate surface area is 156 Å². The van der Waals surface area contributed by atoms with Gasteiger partial charge in [0.2, 0.25) is 0 Å². The van der Waals surface area contributed by atoms with Crippen LogP contribution in [0.4, 0.5) is 5.69 Å². The first kappa shape index (κ1) is 18.8. The van der Waals surface area contributed by atoms with E-state index in [1.54, 1.807) is 28.6 Å². The van der Waals surface area contributed by atoms with Crippen LogP contribution in [0.3, 0.4) is 0 Å². The predicted octanol–water partition coefficient (Wildman–Crippen LogP) is 2.09. The number of rotatable bonds is 4. The zero-order chi connectivity index (χ0) is 19.7. The van der Waals surface area contributed by atoms with Crippen LogP contribution < -0.4 is 5.69 Å². The number of nitro benzene ring substituents is 1. The number of para-hydroxylation sites is 1. The van der Waals surface area contributed by atoms with Gasteiger partial charge in [0.05, 0.1) is 4.92 Å². The third-order valence-corrected chi connectivity index (χ3v) is 4.90. The summed E-state index contributed by atoms with van der Waals surface area (Å²) in [5.41, 5.74) is -0.283. The maximum atomic E-state index is 12.9. The molecule has 144 valence electrons. The van der Waals surface area contributed by atoms with Gasteiger partial charge < -0.3 is 4.90 Å². The van der Waals surface area contributed by atoms with Gasteiger partial charge in [-0.3, -0.25) is 19.5 Å². The van der Waals surface area contributed by atoms with Crippen LogP contribution in [-0.2, 0) is 7.05 Å². The first-order valence-corrected chi connectivity index (χ1v) is 8.99. The van der Waals surface area contributed by atoms with Gasteiger partial charge in [-0.05, 0) is 32.8 Å². The van der Waals surface area contributed by atoms with Crippen LogP contribution in [0.5, 0.6) is 0 Å². The number of carbonyl (C=O) groups is 1. The van der Waals surface area contributed by atoms with E-state index < -0.39 is 4.92 Å². The molecule has 1 aliphatic rings. The summed E-state index contributed by atoms with van der Waals surface area (Å²) in [6, 6.07) is 5.95. The maximum Gasteiger partial charge on any atom is 0.345 e. The maximum absolute atomic E-state index is 12.9. The monoisotopic (exact) mass is 373 g/mol. The van der Waals surface area contributed by atoms with Gasteiger partial charge >= 0.3 is 5.69 Å². The lowest BCUT2D eigenvalue weighted by Gasteiger charge is -2.32. The third kappa shape index (κ3) is 3.49. The van der Waals surface area contributed by atoms with Gasteiger partial charge in [-0.15, -0.1) is 0 Å². The van der Waals surface area contributed by atoms with Crippen LogP contribution in [0.15, 0.2) is 29.1 Å². The Balaban J connectivity index is 1.90. The number of hydrogen-bond acceptors (Lipinski definition) is 5. The molecular formula is C18H23N5O4. The van der Waals surface area contributed by atoms with Gasteiger partial charge in [0.1, 0.15) is 11.4 Å². The van der Waals surface area contributed by atoms with E-state index in [0.717, 1.165) is 12.8 Å². The molecule has 2 heterocycles. The largest absolute Gasteiger partial charge is 0.345 e. The molecule has 1 unspecified atom stereocenters. The minimum absolute atomic E-state index is 0.0394. The molecule has 1 aromatic heterocycles. The minimum atomic E-state index is -0.538. The summed E-state index contributed by atoms with van der Waals surface area (Å²) < 4.78 is 2.97. The molecule has 0 N–H and O–H groups in total. The van der Waals surface area contributed by atoms with Crippen molar-refractivity contribution in [3.63, 3.8) is 0 Å². The highest BCUT2D eigenvalue weighted by atomic mass is 16.6. The first-order chi connectivity index (χ1) is 12.8. The molecule has 1 aromatic carbocycles. The molecule has 0 spiro atoms. The topological polar surface area (TPSA) is 103 Å². The summed E-state index contributed by atoms with van der Waals surface area (Å²) in [5, 5.41) is 15.6. The molecule has 3 rings (SSSR count). The zero-order valence-corrected chi connectivity index (χ0v) is 15.7. The Bertz CT molecular complexity index is 930. The van der Waals surface area contributed by atoms with Crippen molar-refractivity contribution in [3.05, 3.63) is 56.3 Å². The molecule has 27 heavy (non-hydrogen) atoms. The van der Waals surface area contributed by atoms with Crippen LogP contribution in [0.25, 0.3) is 0 Å². The van der Waals surface area contributed by atoms with Gasteiger partial charge in [0.15, 0.2) is 0 Å². The van der Waals surface area contributed by atoms with E-state index in [2.05, 4.69) is 5.10 Å². The van der Waals surface area contributed by atoms with Crippen molar-refractivity contribution in [2.24, 2.45) is 7.05 Å². The molecule has 0 saturated carbocycles. The second kappa shape index (κ2) is 7.34. The number of likely N-dealkylation sites (tertiary alicyclic amines) is 1. The molecule has 1 saturated heterocycles. The lowest BCUT2D eigenvalue weighted by Crippen LogP contribution is -2.40. The Morgan fingerprint density at radius 2 is 2.04 bits per heavy atom. The lowest BCUT2D eigenvalue weighted by molar-refractivity contribution is -0.385. The van der Waals surface area contributed by atoms with Crippen LogP contribution in [0.2, 0.25) is 0 Å². The van der Waals surface area contributed by atoms with E-state index >= 15 is 0 Å². The third-order valence-electron chi connectivity index (χ3n) is 4.90. The molecule has 1 fully saturated rings. The number of aromatic nitrogens is 3. The first-order valence-electron chi connectivity index (χ1n) is 8.99. The minimum Gasteiger partial charge on any atom is -0.338 e. The second-order valence-electron chi connectivity index (χ2n) is 7.09. The van der Waals surface area contributed by atoms with Crippen LogP contribution in [0, 0.1) is 10.1 Å². The number of amides is 1. The van der Waals surface area contributed by atoms with Gasteiger partial charge in [-0.1, -0.05) is 12.1 Å². The fourth-order valence-electron chi connectivity index (χ4n) is 3.62. The van der Waals surface area contributed by atoms with Crippen molar-refractivity contribution in [2.45, 2.75) is 38.6 Å². The molecule has 9 heteroatoms. The Hall–Kier alpha value is -2.97. The van der Waals surface area contributed by atoms with Gasteiger partial charge in [-0.25, -0.2) is 9.48 Å².